The van der Waals surface area contributed by atoms with Crippen LogP contribution in [0.1, 0.15) is 10.4 Å². The van der Waals surface area contributed by atoms with Crippen LogP contribution >= 0.6 is 0 Å². The molecule has 0 saturated carbocycles. The van der Waals surface area contributed by atoms with Crippen molar-refractivity contribution in [1.82, 2.24) is 5.32 Å². The van der Waals surface area contributed by atoms with Crippen molar-refractivity contribution in [3.8, 4) is 0 Å². The molecule has 0 bridgehead atoms. The largest absolute Gasteiger partial charge is 0.350 e. The van der Waals surface area contributed by atoms with Gasteiger partial charge in [0.15, 0.2) is 0 Å². The van der Waals surface area contributed by atoms with E-state index in [9.17, 15) is 14.9 Å². The lowest BCUT2D eigenvalue weighted by molar-refractivity contribution is -0.757. The minimum absolute atomic E-state index is 0.106. The van der Waals surface area contributed by atoms with E-state index in [1.165, 1.54) is 0 Å². The van der Waals surface area contributed by atoms with Gasteiger partial charge in [-0.1, -0.05) is 18.2 Å². The Bertz CT molecular complexity index is 339. The molecule has 0 aliphatic rings. The molecule has 80 valence electrons. The van der Waals surface area contributed by atoms with Crippen molar-refractivity contribution in [3.63, 3.8) is 0 Å². The second-order valence-electron chi connectivity index (χ2n) is 2.68. The Labute approximate surface area is 86.0 Å². The molecule has 0 aromatic heterocycles. The topological polar surface area (TPSA) is 81.5 Å². The van der Waals surface area contributed by atoms with Gasteiger partial charge in [0.2, 0.25) is 0 Å². The first-order valence-corrected chi connectivity index (χ1v) is 4.30. The zero-order chi connectivity index (χ0) is 11.1. The average Bonchev–Trinajstić information content (AvgIpc) is 2.25. The van der Waals surface area contributed by atoms with Crippen LogP contribution in [0.4, 0.5) is 0 Å². The van der Waals surface area contributed by atoms with E-state index in [4.69, 9.17) is 0 Å². The zero-order valence-electron chi connectivity index (χ0n) is 7.88. The summed E-state index contributed by atoms with van der Waals surface area (Å²) >= 11 is 0. The number of amides is 1. The maximum absolute atomic E-state index is 11.4. The van der Waals surface area contributed by atoms with Crippen LogP contribution in [0.5, 0.6) is 0 Å². The first kappa shape index (κ1) is 11.0. The molecule has 0 heterocycles. The van der Waals surface area contributed by atoms with Crippen molar-refractivity contribution in [1.29, 1.82) is 0 Å². The van der Waals surface area contributed by atoms with Gasteiger partial charge in [-0.3, -0.25) is 4.79 Å². The smallest absolute Gasteiger partial charge is 0.294 e. The third-order valence-electron chi connectivity index (χ3n) is 1.62. The first-order valence-electron chi connectivity index (χ1n) is 4.30. The Kier molecular flexibility index (Phi) is 4.08. The molecule has 1 amide bonds. The third kappa shape index (κ3) is 4.08. The number of rotatable bonds is 5. The fraction of sp³-hybridized carbons (Fsp3) is 0.222. The number of hydrogen-bond acceptors (Lipinski definition) is 4. The van der Waals surface area contributed by atoms with Crippen LogP contribution in [-0.4, -0.2) is 24.1 Å². The van der Waals surface area contributed by atoms with E-state index in [-0.39, 0.29) is 19.1 Å². The van der Waals surface area contributed by atoms with Gasteiger partial charge < -0.3 is 10.2 Å². The summed E-state index contributed by atoms with van der Waals surface area (Å²) in [6, 6.07) is 8.59. The van der Waals surface area contributed by atoms with Gasteiger partial charge in [-0.25, -0.2) is 0 Å². The lowest BCUT2D eigenvalue weighted by Gasteiger charge is -2.03. The Morgan fingerprint density at radius 3 is 2.67 bits per heavy atom. The van der Waals surface area contributed by atoms with Crippen molar-refractivity contribution in [3.05, 3.63) is 46.0 Å². The lowest BCUT2D eigenvalue weighted by atomic mass is 10.2. The summed E-state index contributed by atoms with van der Waals surface area (Å²) in [5.74, 6) is -0.275. The molecule has 15 heavy (non-hydrogen) atoms. The molecule has 0 aliphatic heterocycles. The van der Waals surface area contributed by atoms with Gasteiger partial charge in [0, 0.05) is 12.1 Å². The molecule has 1 N–H and O–H groups in total. The van der Waals surface area contributed by atoms with Gasteiger partial charge in [-0.2, -0.15) is 0 Å². The standard InChI is InChI=1S/C9H10N2O4/c12-9(8-4-2-1-3-5-8)10-6-7-15-11(13)14/h1-5H,6-7H2,(H,10,12). The number of nitrogens with one attached hydrogen (secondary N) is 1. The number of nitrogens with zero attached hydrogens (tertiary/aromatic N) is 1. The summed E-state index contributed by atoms with van der Waals surface area (Å²) in [6.45, 7) is -0.0414. The molecule has 0 radical (unpaired) electrons. The van der Waals surface area contributed by atoms with Gasteiger partial charge in [0.25, 0.3) is 11.0 Å². The lowest BCUT2D eigenvalue weighted by Crippen LogP contribution is -2.27. The summed E-state index contributed by atoms with van der Waals surface area (Å²) in [6.07, 6.45) is 0. The molecule has 0 fully saturated rings. The van der Waals surface area contributed by atoms with Gasteiger partial charge >= 0.3 is 0 Å². The highest BCUT2D eigenvalue weighted by atomic mass is 16.9. The highest BCUT2D eigenvalue weighted by Crippen LogP contribution is 1.97. The second kappa shape index (κ2) is 5.58. The SMILES string of the molecule is O=C(NCCO[N+](=O)[O-])c1ccccc1. The molecule has 1 rings (SSSR count). The number of carbonyl (C=O) groups excluding carboxylic acids is 1. The normalized spacial score (nSPS) is 9.33. The van der Waals surface area contributed by atoms with Gasteiger partial charge in [-0.15, -0.1) is 10.1 Å². The van der Waals surface area contributed by atoms with Crippen LogP contribution in [-0.2, 0) is 4.84 Å². The van der Waals surface area contributed by atoms with E-state index < -0.39 is 5.09 Å². The Balaban J connectivity index is 2.28. The van der Waals surface area contributed by atoms with E-state index in [1.807, 2.05) is 0 Å². The zero-order valence-corrected chi connectivity index (χ0v) is 7.88. The fourth-order valence-electron chi connectivity index (χ4n) is 0.976. The first-order chi connectivity index (χ1) is 7.20. The van der Waals surface area contributed by atoms with Crippen molar-refractivity contribution in [2.75, 3.05) is 13.2 Å². The highest BCUT2D eigenvalue weighted by Gasteiger charge is 2.03. The van der Waals surface area contributed by atoms with Crippen LogP contribution in [0.15, 0.2) is 30.3 Å². The third-order valence-corrected chi connectivity index (χ3v) is 1.62. The van der Waals surface area contributed by atoms with Crippen molar-refractivity contribution in [2.24, 2.45) is 0 Å². The van der Waals surface area contributed by atoms with Gasteiger partial charge in [0.1, 0.15) is 6.61 Å². The molecule has 1 aromatic rings. The average molecular weight is 210 g/mol. The Morgan fingerprint density at radius 1 is 1.40 bits per heavy atom. The van der Waals surface area contributed by atoms with Crippen LogP contribution in [0, 0.1) is 10.1 Å². The summed E-state index contributed by atoms with van der Waals surface area (Å²) < 4.78 is 0. The monoisotopic (exact) mass is 210 g/mol. The second-order valence-corrected chi connectivity index (χ2v) is 2.68. The van der Waals surface area contributed by atoms with Crippen molar-refractivity contribution >= 4 is 5.91 Å². The van der Waals surface area contributed by atoms with E-state index in [0.29, 0.717) is 5.56 Å². The molecule has 0 atom stereocenters. The van der Waals surface area contributed by atoms with Crippen LogP contribution in [0.2, 0.25) is 0 Å². The molecule has 0 spiro atoms. The number of benzene rings is 1. The van der Waals surface area contributed by atoms with Crippen LogP contribution < -0.4 is 5.32 Å². The minimum Gasteiger partial charge on any atom is -0.350 e. The molecule has 6 heteroatoms. The summed E-state index contributed by atoms with van der Waals surface area (Å²) in [4.78, 5) is 25.2. The predicted octanol–water partition coefficient (Wildman–Crippen LogP) is 0.625. The van der Waals surface area contributed by atoms with E-state index in [0.717, 1.165) is 0 Å². The highest BCUT2D eigenvalue weighted by molar-refractivity contribution is 5.94. The molecule has 0 saturated heterocycles. The number of hydrogen-bond donors (Lipinski definition) is 1. The van der Waals surface area contributed by atoms with Crippen molar-refractivity contribution in [2.45, 2.75) is 0 Å². The fourth-order valence-corrected chi connectivity index (χ4v) is 0.976. The Hall–Kier alpha value is -2.11. The molecular formula is C9H10N2O4. The van der Waals surface area contributed by atoms with Crippen LogP contribution in [0.3, 0.4) is 0 Å². The van der Waals surface area contributed by atoms with E-state index >= 15 is 0 Å². The minimum atomic E-state index is -0.894. The maximum Gasteiger partial charge on any atom is 0.294 e. The Morgan fingerprint density at radius 2 is 2.07 bits per heavy atom. The van der Waals surface area contributed by atoms with Crippen molar-refractivity contribution < 1.29 is 14.7 Å². The predicted molar refractivity (Wildman–Crippen MR) is 51.7 cm³/mol. The van der Waals surface area contributed by atoms with E-state index in [1.54, 1.807) is 30.3 Å². The summed E-state index contributed by atoms with van der Waals surface area (Å²) in [5.41, 5.74) is 0.513. The molecule has 0 unspecified atom stereocenters. The maximum atomic E-state index is 11.4. The summed E-state index contributed by atoms with van der Waals surface area (Å²) in [5, 5.41) is 11.4. The molecule has 0 aliphatic carbocycles. The number of carbonyl (C=O) groups is 1. The van der Waals surface area contributed by atoms with E-state index in [2.05, 4.69) is 10.2 Å². The van der Waals surface area contributed by atoms with Gasteiger partial charge in [-0.05, 0) is 12.1 Å². The van der Waals surface area contributed by atoms with Gasteiger partial charge in [0.05, 0.1) is 0 Å². The molecule has 6 nitrogen and oxygen atoms in total. The quantitative estimate of drug-likeness (QED) is 0.439. The summed E-state index contributed by atoms with van der Waals surface area (Å²) in [7, 11) is 0. The van der Waals surface area contributed by atoms with Crippen LogP contribution in [0.25, 0.3) is 0 Å². The molecule has 1 aromatic carbocycles. The molecular weight excluding hydrogens is 200 g/mol.